The molecule has 96 valence electrons. The van der Waals surface area contributed by atoms with Crippen LogP contribution >= 0.6 is 0 Å². The number of hydrogen-bond donors (Lipinski definition) is 3. The Hall–Kier alpha value is -2.89. The van der Waals surface area contributed by atoms with Crippen LogP contribution < -0.4 is 17.2 Å². The van der Waals surface area contributed by atoms with Crippen LogP contribution in [0, 0.1) is 0 Å². The van der Waals surface area contributed by atoms with Crippen LogP contribution in [0.3, 0.4) is 0 Å². The van der Waals surface area contributed by atoms with E-state index in [0.717, 1.165) is 11.3 Å². The molecule has 2 rings (SSSR count). The standard InChI is InChI=1S/C13H14N6/c14-12(15)19-13(16)18-10-6-4-9(5-7-10)11-3-1-2-8-17-11/h1-8H,(H6,14,15,16,18,19). The van der Waals surface area contributed by atoms with Gasteiger partial charge in [-0.2, -0.15) is 4.99 Å². The zero-order chi connectivity index (χ0) is 13.7. The van der Waals surface area contributed by atoms with Crippen LogP contribution in [0.1, 0.15) is 0 Å². The number of rotatable bonds is 2. The van der Waals surface area contributed by atoms with E-state index in [-0.39, 0.29) is 11.9 Å². The maximum atomic E-state index is 5.55. The summed E-state index contributed by atoms with van der Waals surface area (Å²) in [5.74, 6) is -0.100. The Morgan fingerprint density at radius 3 is 2.26 bits per heavy atom. The fraction of sp³-hybridized carbons (Fsp3) is 0. The van der Waals surface area contributed by atoms with Crippen molar-refractivity contribution in [3.05, 3.63) is 48.7 Å². The van der Waals surface area contributed by atoms with Gasteiger partial charge in [0.05, 0.1) is 11.4 Å². The predicted molar refractivity (Wildman–Crippen MR) is 76.8 cm³/mol. The molecule has 0 saturated heterocycles. The van der Waals surface area contributed by atoms with Gasteiger partial charge in [0.25, 0.3) is 0 Å². The topological polar surface area (TPSA) is 116 Å². The molecule has 1 aromatic carbocycles. The molecule has 0 bridgehead atoms. The smallest absolute Gasteiger partial charge is 0.223 e. The van der Waals surface area contributed by atoms with Crippen LogP contribution in [0.2, 0.25) is 0 Å². The summed E-state index contributed by atoms with van der Waals surface area (Å²) in [4.78, 5) is 12.0. The summed E-state index contributed by atoms with van der Waals surface area (Å²) >= 11 is 0. The van der Waals surface area contributed by atoms with Crippen LogP contribution in [0.25, 0.3) is 11.3 Å². The van der Waals surface area contributed by atoms with E-state index in [1.165, 1.54) is 0 Å². The maximum absolute atomic E-state index is 5.55. The fourth-order valence-corrected chi connectivity index (χ4v) is 1.53. The second kappa shape index (κ2) is 5.63. The number of pyridine rings is 1. The van der Waals surface area contributed by atoms with E-state index in [9.17, 15) is 0 Å². The van der Waals surface area contributed by atoms with Gasteiger partial charge in [-0.3, -0.25) is 4.98 Å². The van der Waals surface area contributed by atoms with Gasteiger partial charge >= 0.3 is 0 Å². The Labute approximate surface area is 110 Å². The minimum atomic E-state index is -0.119. The van der Waals surface area contributed by atoms with E-state index >= 15 is 0 Å². The van der Waals surface area contributed by atoms with Gasteiger partial charge in [-0.25, -0.2) is 4.99 Å². The van der Waals surface area contributed by atoms with Crippen molar-refractivity contribution >= 4 is 17.6 Å². The van der Waals surface area contributed by atoms with E-state index in [1.807, 2.05) is 42.5 Å². The monoisotopic (exact) mass is 254 g/mol. The molecule has 0 amide bonds. The lowest BCUT2D eigenvalue weighted by Gasteiger charge is -2.01. The van der Waals surface area contributed by atoms with E-state index in [2.05, 4.69) is 15.0 Å². The Bertz CT molecular complexity index is 597. The maximum Gasteiger partial charge on any atom is 0.223 e. The summed E-state index contributed by atoms with van der Waals surface area (Å²) in [7, 11) is 0. The molecule has 2 aromatic rings. The molecule has 0 radical (unpaired) electrons. The van der Waals surface area contributed by atoms with Crippen molar-refractivity contribution in [3.8, 4) is 11.3 Å². The normalized spacial score (nSPS) is 11.1. The summed E-state index contributed by atoms with van der Waals surface area (Å²) in [5.41, 5.74) is 18.5. The minimum Gasteiger partial charge on any atom is -0.370 e. The van der Waals surface area contributed by atoms with Crippen LogP contribution in [0.5, 0.6) is 0 Å². The van der Waals surface area contributed by atoms with E-state index in [1.54, 1.807) is 6.20 Å². The van der Waals surface area contributed by atoms with Gasteiger partial charge in [-0.1, -0.05) is 18.2 Å². The number of benzene rings is 1. The molecule has 1 aromatic heterocycles. The van der Waals surface area contributed by atoms with Gasteiger partial charge in [-0.05, 0) is 24.3 Å². The third kappa shape index (κ3) is 3.53. The van der Waals surface area contributed by atoms with Crippen molar-refractivity contribution in [1.82, 2.24) is 4.98 Å². The molecule has 0 spiro atoms. The van der Waals surface area contributed by atoms with E-state index < -0.39 is 0 Å². The molecule has 1 heterocycles. The number of guanidine groups is 2. The highest BCUT2D eigenvalue weighted by molar-refractivity contribution is 5.93. The molecule has 19 heavy (non-hydrogen) atoms. The Morgan fingerprint density at radius 1 is 0.947 bits per heavy atom. The van der Waals surface area contributed by atoms with Crippen molar-refractivity contribution in [2.75, 3.05) is 0 Å². The Morgan fingerprint density at radius 2 is 1.68 bits per heavy atom. The van der Waals surface area contributed by atoms with Crippen LogP contribution in [0.15, 0.2) is 58.6 Å². The summed E-state index contributed by atoms with van der Waals surface area (Å²) < 4.78 is 0. The summed E-state index contributed by atoms with van der Waals surface area (Å²) in [6, 6.07) is 13.2. The minimum absolute atomic E-state index is 0.0191. The third-order valence-electron chi connectivity index (χ3n) is 2.32. The molecule has 0 aliphatic heterocycles. The Balaban J connectivity index is 2.22. The van der Waals surface area contributed by atoms with Crippen molar-refractivity contribution in [1.29, 1.82) is 0 Å². The number of nitrogens with zero attached hydrogens (tertiary/aromatic N) is 3. The highest BCUT2D eigenvalue weighted by Gasteiger charge is 1.98. The number of aromatic nitrogens is 1. The van der Waals surface area contributed by atoms with Crippen molar-refractivity contribution < 1.29 is 0 Å². The molecular formula is C13H14N6. The molecule has 6 N–H and O–H groups in total. The van der Waals surface area contributed by atoms with Gasteiger partial charge < -0.3 is 17.2 Å². The molecule has 0 aliphatic rings. The quantitative estimate of drug-likeness (QED) is 0.547. The molecule has 6 nitrogen and oxygen atoms in total. The lowest BCUT2D eigenvalue weighted by Crippen LogP contribution is -2.26. The average molecular weight is 254 g/mol. The average Bonchev–Trinajstić information content (AvgIpc) is 2.39. The van der Waals surface area contributed by atoms with Crippen LogP contribution in [-0.2, 0) is 0 Å². The van der Waals surface area contributed by atoms with Gasteiger partial charge in [0, 0.05) is 11.8 Å². The van der Waals surface area contributed by atoms with Crippen LogP contribution in [0.4, 0.5) is 5.69 Å². The first kappa shape index (κ1) is 12.6. The van der Waals surface area contributed by atoms with Gasteiger partial charge in [0.15, 0.2) is 5.96 Å². The first-order valence-corrected chi connectivity index (χ1v) is 5.60. The van der Waals surface area contributed by atoms with Crippen LogP contribution in [-0.4, -0.2) is 16.9 Å². The number of hydrogen-bond acceptors (Lipinski definition) is 2. The molecule has 6 heteroatoms. The zero-order valence-corrected chi connectivity index (χ0v) is 10.2. The zero-order valence-electron chi connectivity index (χ0n) is 10.2. The second-order valence-electron chi connectivity index (χ2n) is 3.77. The fourth-order valence-electron chi connectivity index (χ4n) is 1.53. The highest BCUT2D eigenvalue weighted by atomic mass is 15.1. The largest absolute Gasteiger partial charge is 0.370 e. The summed E-state index contributed by atoms with van der Waals surface area (Å²) in [5, 5.41) is 0. The molecule has 0 aliphatic carbocycles. The number of nitrogens with two attached hydrogens (primary N) is 3. The van der Waals surface area contributed by atoms with E-state index in [0.29, 0.717) is 5.69 Å². The first-order chi connectivity index (χ1) is 9.15. The SMILES string of the molecule is NC(N)=NC(N)=Nc1ccc(-c2ccccn2)cc1. The third-order valence-corrected chi connectivity index (χ3v) is 2.32. The molecule has 0 unspecified atom stereocenters. The second-order valence-corrected chi connectivity index (χ2v) is 3.77. The lowest BCUT2D eigenvalue weighted by atomic mass is 10.1. The molecule has 0 atom stereocenters. The van der Waals surface area contributed by atoms with E-state index in [4.69, 9.17) is 17.2 Å². The van der Waals surface area contributed by atoms with Gasteiger partial charge in [0.2, 0.25) is 5.96 Å². The van der Waals surface area contributed by atoms with Crippen molar-refractivity contribution in [3.63, 3.8) is 0 Å². The van der Waals surface area contributed by atoms with Gasteiger partial charge in [-0.15, -0.1) is 0 Å². The van der Waals surface area contributed by atoms with Crippen molar-refractivity contribution in [2.24, 2.45) is 27.2 Å². The molecule has 0 fully saturated rings. The predicted octanol–water partition coefficient (Wildman–Crippen LogP) is 0.968. The first-order valence-electron chi connectivity index (χ1n) is 5.60. The summed E-state index contributed by atoms with van der Waals surface area (Å²) in [6.45, 7) is 0. The molecular weight excluding hydrogens is 240 g/mol. The highest BCUT2D eigenvalue weighted by Crippen LogP contribution is 2.20. The summed E-state index contributed by atoms with van der Waals surface area (Å²) in [6.07, 6.45) is 1.75. The molecule has 0 saturated carbocycles. The van der Waals surface area contributed by atoms with Crippen molar-refractivity contribution in [2.45, 2.75) is 0 Å². The lowest BCUT2D eigenvalue weighted by molar-refractivity contribution is 1.32. The number of aliphatic imine (C=N–C) groups is 2. The Kier molecular flexibility index (Phi) is 3.72. The van der Waals surface area contributed by atoms with Gasteiger partial charge in [0.1, 0.15) is 0 Å².